The molecule has 1 unspecified atom stereocenters. The van der Waals surface area contributed by atoms with Crippen LogP contribution in [0.3, 0.4) is 0 Å². The number of carbonyl (C=O) groups is 1. The molecule has 0 saturated carbocycles. The highest BCUT2D eigenvalue weighted by Crippen LogP contribution is 2.24. The van der Waals surface area contributed by atoms with Crippen LogP contribution < -0.4 is 0 Å². The molecule has 1 atom stereocenters. The topological polar surface area (TPSA) is 102 Å². The van der Waals surface area contributed by atoms with Crippen molar-refractivity contribution in [1.82, 2.24) is 15.0 Å². The van der Waals surface area contributed by atoms with Crippen LogP contribution in [0.4, 0.5) is 5.69 Å². The molecule has 2 aromatic carbocycles. The van der Waals surface area contributed by atoms with Crippen LogP contribution in [0.1, 0.15) is 56.2 Å². The largest absolute Gasteiger partial charge is 0.339 e. The third kappa shape index (κ3) is 5.33. The maximum Gasteiger partial charge on any atom is 0.269 e. The summed E-state index contributed by atoms with van der Waals surface area (Å²) in [5, 5.41) is 15.0. The Bertz CT molecular complexity index is 1060. The van der Waals surface area contributed by atoms with Gasteiger partial charge in [-0.05, 0) is 24.0 Å². The molecule has 1 amide bonds. The third-order valence-corrected chi connectivity index (χ3v) is 5.39. The summed E-state index contributed by atoms with van der Waals surface area (Å²) in [5.41, 5.74) is 2.81. The number of rotatable bonds is 8. The van der Waals surface area contributed by atoms with Crippen LogP contribution in [0.15, 0.2) is 53.1 Å². The quantitative estimate of drug-likeness (QED) is 0.377. The van der Waals surface area contributed by atoms with Crippen molar-refractivity contribution < 1.29 is 14.2 Å². The standard InChI is InChI=1S/C23H26N4O4/c1-15(2)17-8-10-18(11-9-17)23-24-21(31-25-23)12-13-22(28)26(4)16(3)19-6-5-7-20(14-19)27(29)30/h5-11,14-16H,12-13H2,1-4H3. The van der Waals surface area contributed by atoms with E-state index in [1.807, 2.05) is 31.2 Å². The van der Waals surface area contributed by atoms with Crippen molar-refractivity contribution in [1.29, 1.82) is 0 Å². The molecule has 0 N–H and O–H groups in total. The van der Waals surface area contributed by atoms with Gasteiger partial charge in [-0.1, -0.05) is 55.4 Å². The number of hydrogen-bond donors (Lipinski definition) is 0. The van der Waals surface area contributed by atoms with E-state index < -0.39 is 4.92 Å². The van der Waals surface area contributed by atoms with Crippen molar-refractivity contribution >= 4 is 11.6 Å². The third-order valence-electron chi connectivity index (χ3n) is 5.39. The molecule has 8 heteroatoms. The highest BCUT2D eigenvalue weighted by Gasteiger charge is 2.20. The molecule has 0 aliphatic heterocycles. The molecule has 1 heterocycles. The zero-order chi connectivity index (χ0) is 22.5. The summed E-state index contributed by atoms with van der Waals surface area (Å²) in [6, 6.07) is 14.0. The van der Waals surface area contributed by atoms with E-state index in [1.165, 1.54) is 17.7 Å². The Labute approximate surface area is 181 Å². The van der Waals surface area contributed by atoms with Crippen LogP contribution in [0.5, 0.6) is 0 Å². The van der Waals surface area contributed by atoms with E-state index >= 15 is 0 Å². The first kappa shape index (κ1) is 22.1. The molecule has 0 radical (unpaired) electrons. The van der Waals surface area contributed by atoms with E-state index in [4.69, 9.17) is 4.52 Å². The Kier molecular flexibility index (Phi) is 6.79. The lowest BCUT2D eigenvalue weighted by Crippen LogP contribution is -2.29. The van der Waals surface area contributed by atoms with Gasteiger partial charge in [-0.25, -0.2) is 0 Å². The molecule has 8 nitrogen and oxygen atoms in total. The molecule has 1 aromatic heterocycles. The van der Waals surface area contributed by atoms with Gasteiger partial charge in [-0.15, -0.1) is 0 Å². The van der Waals surface area contributed by atoms with Crippen LogP contribution in [-0.4, -0.2) is 32.9 Å². The van der Waals surface area contributed by atoms with E-state index in [1.54, 1.807) is 24.1 Å². The second-order valence-electron chi connectivity index (χ2n) is 7.82. The summed E-state index contributed by atoms with van der Waals surface area (Å²) in [6.45, 7) is 6.10. The number of hydrogen-bond acceptors (Lipinski definition) is 6. The van der Waals surface area contributed by atoms with Crippen molar-refractivity contribution in [2.24, 2.45) is 0 Å². The van der Waals surface area contributed by atoms with Crippen molar-refractivity contribution in [3.05, 3.63) is 75.7 Å². The van der Waals surface area contributed by atoms with Gasteiger partial charge in [0.25, 0.3) is 5.69 Å². The van der Waals surface area contributed by atoms with E-state index in [-0.39, 0.29) is 24.1 Å². The Morgan fingerprint density at radius 3 is 2.48 bits per heavy atom. The fourth-order valence-electron chi connectivity index (χ4n) is 3.22. The number of amides is 1. The second kappa shape index (κ2) is 9.51. The second-order valence-corrected chi connectivity index (χ2v) is 7.82. The minimum atomic E-state index is -0.443. The van der Waals surface area contributed by atoms with Gasteiger partial charge in [0.1, 0.15) is 0 Å². The summed E-state index contributed by atoms with van der Waals surface area (Å²) >= 11 is 0. The highest BCUT2D eigenvalue weighted by atomic mass is 16.6. The molecular weight excluding hydrogens is 396 g/mol. The molecule has 0 saturated heterocycles. The fraction of sp³-hybridized carbons (Fsp3) is 0.348. The number of nitro groups is 1. The molecule has 162 valence electrons. The summed E-state index contributed by atoms with van der Waals surface area (Å²) < 4.78 is 5.31. The monoisotopic (exact) mass is 422 g/mol. The minimum Gasteiger partial charge on any atom is -0.339 e. The lowest BCUT2D eigenvalue weighted by atomic mass is 10.0. The number of non-ortho nitro benzene ring substituents is 1. The number of carbonyl (C=O) groups excluding carboxylic acids is 1. The van der Waals surface area contributed by atoms with E-state index in [9.17, 15) is 14.9 Å². The first-order valence-corrected chi connectivity index (χ1v) is 10.2. The zero-order valence-electron chi connectivity index (χ0n) is 18.1. The van der Waals surface area contributed by atoms with Crippen LogP contribution >= 0.6 is 0 Å². The van der Waals surface area contributed by atoms with E-state index in [0.29, 0.717) is 29.6 Å². The number of nitro benzene ring substituents is 1. The summed E-state index contributed by atoms with van der Waals surface area (Å²) in [4.78, 5) is 29.1. The maximum absolute atomic E-state index is 12.6. The predicted octanol–water partition coefficient (Wildman–Crippen LogP) is 4.92. The molecule has 0 aliphatic rings. The van der Waals surface area contributed by atoms with Crippen molar-refractivity contribution in [2.75, 3.05) is 7.05 Å². The summed E-state index contributed by atoms with van der Waals surface area (Å²) in [7, 11) is 1.68. The number of nitrogens with zero attached hydrogens (tertiary/aromatic N) is 4. The van der Waals surface area contributed by atoms with Crippen molar-refractivity contribution in [3.8, 4) is 11.4 Å². The van der Waals surface area contributed by atoms with Crippen molar-refractivity contribution in [3.63, 3.8) is 0 Å². The van der Waals surface area contributed by atoms with Gasteiger partial charge in [-0.2, -0.15) is 4.98 Å². The van der Waals surface area contributed by atoms with Crippen LogP contribution in [0.25, 0.3) is 11.4 Å². The lowest BCUT2D eigenvalue weighted by Gasteiger charge is -2.25. The average molecular weight is 422 g/mol. The molecular formula is C23H26N4O4. The van der Waals surface area contributed by atoms with Gasteiger partial charge >= 0.3 is 0 Å². The average Bonchev–Trinajstić information content (AvgIpc) is 3.25. The van der Waals surface area contributed by atoms with Gasteiger partial charge in [0.05, 0.1) is 11.0 Å². The smallest absolute Gasteiger partial charge is 0.269 e. The highest BCUT2D eigenvalue weighted by molar-refractivity contribution is 5.76. The Hall–Kier alpha value is -3.55. The molecule has 0 fully saturated rings. The Morgan fingerprint density at radius 1 is 1.13 bits per heavy atom. The Balaban J connectivity index is 1.60. The number of aryl methyl sites for hydroxylation is 1. The van der Waals surface area contributed by atoms with Gasteiger partial charge in [0.15, 0.2) is 0 Å². The molecule has 3 aromatic rings. The molecule has 3 rings (SSSR count). The van der Waals surface area contributed by atoms with Crippen molar-refractivity contribution in [2.45, 2.75) is 45.6 Å². The van der Waals surface area contributed by atoms with E-state index in [0.717, 1.165) is 5.56 Å². The molecule has 0 spiro atoms. The summed E-state index contributed by atoms with van der Waals surface area (Å²) in [6.07, 6.45) is 0.519. The molecule has 0 bridgehead atoms. The molecule has 31 heavy (non-hydrogen) atoms. The van der Waals surface area contributed by atoms with Gasteiger partial charge < -0.3 is 9.42 Å². The van der Waals surface area contributed by atoms with Gasteiger partial charge in [0, 0.05) is 37.6 Å². The zero-order valence-corrected chi connectivity index (χ0v) is 18.1. The fourth-order valence-corrected chi connectivity index (χ4v) is 3.22. The number of aromatic nitrogens is 2. The maximum atomic E-state index is 12.6. The van der Waals surface area contributed by atoms with Crippen LogP contribution in [0.2, 0.25) is 0 Å². The predicted molar refractivity (Wildman–Crippen MR) is 116 cm³/mol. The SMILES string of the molecule is CC(C)c1ccc(-c2noc(CCC(=O)N(C)C(C)c3cccc([N+](=O)[O-])c3)n2)cc1. The Morgan fingerprint density at radius 2 is 1.84 bits per heavy atom. The molecule has 0 aliphatic carbocycles. The van der Waals surface area contributed by atoms with Gasteiger partial charge in [-0.3, -0.25) is 14.9 Å². The van der Waals surface area contributed by atoms with E-state index in [2.05, 4.69) is 24.0 Å². The summed E-state index contributed by atoms with van der Waals surface area (Å²) in [5.74, 6) is 1.23. The first-order valence-electron chi connectivity index (χ1n) is 10.2. The van der Waals surface area contributed by atoms with Crippen LogP contribution in [0, 0.1) is 10.1 Å². The first-order chi connectivity index (χ1) is 14.8. The lowest BCUT2D eigenvalue weighted by molar-refractivity contribution is -0.384. The van der Waals surface area contributed by atoms with Gasteiger partial charge in [0.2, 0.25) is 17.6 Å². The minimum absolute atomic E-state index is 0.00464. The normalized spacial score (nSPS) is 12.0. The number of benzene rings is 2. The van der Waals surface area contributed by atoms with Crippen LogP contribution in [-0.2, 0) is 11.2 Å².